The largest absolute Gasteiger partial charge is 0.469 e. The number of methoxy groups -OCH3 is 1. The minimum absolute atomic E-state index is 0.0583. The highest BCUT2D eigenvalue weighted by Crippen LogP contribution is 2.34. The lowest BCUT2D eigenvalue weighted by Crippen LogP contribution is -2.41. The van der Waals surface area contributed by atoms with E-state index in [9.17, 15) is 9.59 Å². The van der Waals surface area contributed by atoms with Crippen LogP contribution in [-0.4, -0.2) is 86.0 Å². The molecule has 3 saturated heterocycles. The van der Waals surface area contributed by atoms with E-state index in [0.29, 0.717) is 22.4 Å². The van der Waals surface area contributed by atoms with E-state index in [-0.39, 0.29) is 11.9 Å². The monoisotopic (exact) mass is 670 g/mol. The van der Waals surface area contributed by atoms with Crippen molar-refractivity contribution in [3.8, 4) is 11.1 Å². The molecule has 1 amide bonds. The van der Waals surface area contributed by atoms with Crippen molar-refractivity contribution in [3.63, 3.8) is 0 Å². The zero-order chi connectivity index (χ0) is 32.5. The number of likely N-dealkylation sites (tertiary alicyclic amines) is 3. The van der Waals surface area contributed by atoms with E-state index in [0.717, 1.165) is 102 Å². The van der Waals surface area contributed by atoms with Crippen LogP contribution in [0.3, 0.4) is 0 Å². The van der Waals surface area contributed by atoms with Crippen LogP contribution in [0.1, 0.15) is 69.4 Å². The number of halogens is 2. The van der Waals surface area contributed by atoms with E-state index < -0.39 is 0 Å². The molecule has 2 aromatic carbocycles. The average Bonchev–Trinajstić information content (AvgIpc) is 3.04. The highest BCUT2D eigenvalue weighted by atomic mass is 35.5. The Hall–Kier alpha value is -2.16. The van der Waals surface area contributed by atoms with Crippen molar-refractivity contribution in [2.45, 2.75) is 71.4 Å². The third-order valence-electron chi connectivity index (χ3n) is 10.4. The lowest BCUT2D eigenvalue weighted by molar-refractivity contribution is -0.140. The fourth-order valence-corrected chi connectivity index (χ4v) is 8.29. The van der Waals surface area contributed by atoms with Gasteiger partial charge in [-0.25, -0.2) is 0 Å². The van der Waals surface area contributed by atoms with E-state index in [1.165, 1.54) is 49.5 Å². The van der Waals surface area contributed by atoms with E-state index in [1.807, 2.05) is 12.1 Å². The number of amides is 1. The maximum atomic E-state index is 11.4. The third kappa shape index (κ3) is 10.7. The Kier molecular flexibility index (Phi) is 13.2. The molecule has 5 rings (SSSR count). The maximum absolute atomic E-state index is 11.4. The summed E-state index contributed by atoms with van der Waals surface area (Å²) in [6.45, 7) is 12.0. The second-order valence-corrected chi connectivity index (χ2v) is 14.7. The molecule has 0 unspecified atom stereocenters. The van der Waals surface area contributed by atoms with Crippen LogP contribution < -0.4 is 5.32 Å². The molecule has 3 aliphatic heterocycles. The Morgan fingerprint density at radius 3 is 1.76 bits per heavy atom. The quantitative estimate of drug-likeness (QED) is 0.248. The molecule has 0 aromatic heterocycles. The number of hydrogen-bond donors (Lipinski definition) is 1. The molecular weight excluding hydrogens is 619 g/mol. The summed E-state index contributed by atoms with van der Waals surface area (Å²) in [5.41, 5.74) is 4.91. The van der Waals surface area contributed by atoms with Crippen LogP contribution >= 0.6 is 23.2 Å². The number of nitrogens with zero attached hydrogens (tertiary/aromatic N) is 3. The second-order valence-electron chi connectivity index (χ2n) is 13.8. The maximum Gasteiger partial charge on any atom is 0.305 e. The molecule has 0 aliphatic carbocycles. The predicted molar refractivity (Wildman–Crippen MR) is 187 cm³/mol. The number of piperidine rings is 3. The minimum Gasteiger partial charge on any atom is -0.469 e. The molecule has 1 N–H and O–H groups in total. The van der Waals surface area contributed by atoms with Gasteiger partial charge in [-0.05, 0) is 161 Å². The summed E-state index contributed by atoms with van der Waals surface area (Å²) in [4.78, 5) is 30.5. The molecule has 7 nitrogen and oxygen atoms in total. The fourth-order valence-electron chi connectivity index (χ4n) is 7.76. The van der Waals surface area contributed by atoms with Gasteiger partial charge < -0.3 is 15.0 Å². The topological polar surface area (TPSA) is 65.1 Å². The summed E-state index contributed by atoms with van der Waals surface area (Å²) in [5, 5.41) is 4.31. The summed E-state index contributed by atoms with van der Waals surface area (Å²) >= 11 is 12.9. The van der Waals surface area contributed by atoms with Gasteiger partial charge in [-0.2, -0.15) is 0 Å². The average molecular weight is 672 g/mol. The van der Waals surface area contributed by atoms with Gasteiger partial charge in [0.15, 0.2) is 0 Å². The van der Waals surface area contributed by atoms with Crippen molar-refractivity contribution in [2.24, 2.45) is 17.8 Å². The standard InChI is InChI=1S/C37H52Cl2N4O3/c1-27(44)40-24-28-5-12-42(13-6-28)25-29-18-30(20-33(19-29)34-21-35(38)23-36(39)22-34)26-43-16-9-32(10-17-43)31-7-14-41(15-8-31)11-3-4-37(45)46-2/h18-23,28,31-32H,3-17,24-26H2,1-2H3,(H,40,44). The van der Waals surface area contributed by atoms with Gasteiger partial charge in [0.1, 0.15) is 0 Å². The number of rotatable bonds is 12. The van der Waals surface area contributed by atoms with Crippen LogP contribution in [0.15, 0.2) is 36.4 Å². The van der Waals surface area contributed by atoms with Crippen molar-refractivity contribution in [1.29, 1.82) is 0 Å². The SMILES string of the molecule is COC(=O)CCCN1CCC(C2CCN(Cc3cc(CN4CCC(CNC(C)=O)CC4)cc(-c4cc(Cl)cc(Cl)c4)c3)CC2)CC1. The lowest BCUT2D eigenvalue weighted by atomic mass is 9.78. The number of carbonyl (C=O) groups excluding carboxylic acids is 2. The Morgan fingerprint density at radius 1 is 0.739 bits per heavy atom. The van der Waals surface area contributed by atoms with Gasteiger partial charge in [0.2, 0.25) is 5.91 Å². The first-order valence-electron chi connectivity index (χ1n) is 17.3. The molecule has 0 radical (unpaired) electrons. The van der Waals surface area contributed by atoms with Crippen LogP contribution in [0.5, 0.6) is 0 Å². The zero-order valence-corrected chi connectivity index (χ0v) is 29.3. The highest BCUT2D eigenvalue weighted by Gasteiger charge is 2.30. The van der Waals surface area contributed by atoms with E-state index >= 15 is 0 Å². The Morgan fingerprint density at radius 2 is 1.24 bits per heavy atom. The molecule has 2 aromatic rings. The van der Waals surface area contributed by atoms with Crippen molar-refractivity contribution in [1.82, 2.24) is 20.0 Å². The number of ether oxygens (including phenoxy) is 1. The predicted octanol–water partition coefficient (Wildman–Crippen LogP) is 6.89. The lowest BCUT2D eigenvalue weighted by Gasteiger charge is -2.40. The number of nitrogens with one attached hydrogen (secondary N) is 1. The van der Waals surface area contributed by atoms with Crippen LogP contribution in [0.25, 0.3) is 11.1 Å². The normalized spacial score (nSPS) is 19.7. The molecule has 0 atom stereocenters. The molecule has 3 aliphatic rings. The third-order valence-corrected chi connectivity index (χ3v) is 10.9. The molecule has 0 bridgehead atoms. The summed E-state index contributed by atoms with van der Waals surface area (Å²) in [6, 6.07) is 12.9. The zero-order valence-electron chi connectivity index (χ0n) is 27.7. The van der Waals surface area contributed by atoms with Gasteiger partial charge in [-0.15, -0.1) is 0 Å². The summed E-state index contributed by atoms with van der Waals surface area (Å²) in [6.07, 6.45) is 8.74. The number of carbonyl (C=O) groups is 2. The van der Waals surface area contributed by atoms with Crippen LogP contribution in [0.4, 0.5) is 0 Å². The first-order valence-corrected chi connectivity index (χ1v) is 18.1. The van der Waals surface area contributed by atoms with Crippen molar-refractivity contribution < 1.29 is 14.3 Å². The smallest absolute Gasteiger partial charge is 0.305 e. The van der Waals surface area contributed by atoms with Crippen LogP contribution in [0, 0.1) is 17.8 Å². The van der Waals surface area contributed by atoms with Crippen molar-refractivity contribution in [3.05, 3.63) is 57.6 Å². The molecule has 3 heterocycles. The molecule has 9 heteroatoms. The summed E-state index contributed by atoms with van der Waals surface area (Å²) in [7, 11) is 1.47. The van der Waals surface area contributed by atoms with Crippen molar-refractivity contribution >= 4 is 35.1 Å². The Bertz CT molecular complexity index is 1280. The van der Waals surface area contributed by atoms with Gasteiger partial charge in [0, 0.05) is 43.0 Å². The van der Waals surface area contributed by atoms with E-state index in [1.54, 1.807) is 13.0 Å². The summed E-state index contributed by atoms with van der Waals surface area (Å²) in [5.74, 6) is 2.16. The highest BCUT2D eigenvalue weighted by molar-refractivity contribution is 6.35. The molecule has 46 heavy (non-hydrogen) atoms. The van der Waals surface area contributed by atoms with E-state index in [2.05, 4.69) is 38.2 Å². The molecule has 0 spiro atoms. The van der Waals surface area contributed by atoms with Gasteiger partial charge in [-0.1, -0.05) is 29.3 Å². The van der Waals surface area contributed by atoms with Gasteiger partial charge in [0.05, 0.1) is 7.11 Å². The van der Waals surface area contributed by atoms with Crippen molar-refractivity contribution in [2.75, 3.05) is 59.5 Å². The molecule has 252 valence electrons. The number of esters is 1. The van der Waals surface area contributed by atoms with Crippen LogP contribution in [0.2, 0.25) is 10.0 Å². The van der Waals surface area contributed by atoms with Gasteiger partial charge in [-0.3, -0.25) is 19.4 Å². The van der Waals surface area contributed by atoms with E-state index in [4.69, 9.17) is 27.9 Å². The van der Waals surface area contributed by atoms with Crippen LogP contribution in [-0.2, 0) is 27.4 Å². The first-order chi connectivity index (χ1) is 22.2. The summed E-state index contributed by atoms with van der Waals surface area (Å²) < 4.78 is 4.79. The Labute approximate surface area is 285 Å². The first kappa shape index (κ1) is 35.2. The van der Waals surface area contributed by atoms with Gasteiger partial charge in [0.25, 0.3) is 0 Å². The minimum atomic E-state index is -0.102. The second kappa shape index (κ2) is 17.3. The fraction of sp³-hybridized carbons (Fsp3) is 0.622. The number of hydrogen-bond acceptors (Lipinski definition) is 6. The Balaban J connectivity index is 1.16. The molecule has 0 saturated carbocycles. The number of benzene rings is 2. The van der Waals surface area contributed by atoms with Gasteiger partial charge >= 0.3 is 5.97 Å². The molecule has 3 fully saturated rings. The molecular formula is C37H52Cl2N4O3.